The highest BCUT2D eigenvalue weighted by Crippen LogP contribution is 2.55. The molecule has 4 aliphatic carbocycles. The molecule has 5 rings (SSSR count). The van der Waals surface area contributed by atoms with Gasteiger partial charge in [0.1, 0.15) is 0 Å². The van der Waals surface area contributed by atoms with Crippen LogP contribution in [-0.2, 0) is 0 Å². The minimum Gasteiger partial charge on any atom is -0.289 e. The normalized spacial score (nSPS) is 50.5. The molecule has 0 aromatic rings. The third-order valence-electron chi connectivity index (χ3n) is 6.76. The van der Waals surface area contributed by atoms with Crippen molar-refractivity contribution in [2.45, 2.75) is 58.0 Å². The number of likely N-dealkylation sites (N-methyl/N-ethyl adjacent to an activating group) is 1. The molecular formula is C17H30N2. The Labute approximate surface area is 118 Å². The predicted molar refractivity (Wildman–Crippen MR) is 78.8 cm³/mol. The molecule has 5 fully saturated rings. The van der Waals surface area contributed by atoms with Crippen molar-refractivity contribution in [3.8, 4) is 0 Å². The van der Waals surface area contributed by atoms with E-state index in [-0.39, 0.29) is 0 Å². The van der Waals surface area contributed by atoms with Crippen LogP contribution in [0.25, 0.3) is 0 Å². The van der Waals surface area contributed by atoms with E-state index in [1.54, 1.807) is 32.1 Å². The smallest absolute Gasteiger partial charge is 0.0510 e. The van der Waals surface area contributed by atoms with Crippen LogP contribution in [0.4, 0.5) is 0 Å². The molecule has 0 aromatic heterocycles. The van der Waals surface area contributed by atoms with Gasteiger partial charge < -0.3 is 0 Å². The molecular weight excluding hydrogens is 232 g/mol. The molecule has 1 saturated heterocycles. The van der Waals surface area contributed by atoms with Crippen LogP contribution < -0.4 is 0 Å². The van der Waals surface area contributed by atoms with E-state index in [2.05, 4.69) is 30.7 Å². The van der Waals surface area contributed by atoms with Gasteiger partial charge in [-0.25, -0.2) is 0 Å². The molecule has 4 saturated carbocycles. The van der Waals surface area contributed by atoms with E-state index in [9.17, 15) is 0 Å². The maximum atomic E-state index is 2.87. The fourth-order valence-electron chi connectivity index (χ4n) is 6.26. The van der Waals surface area contributed by atoms with E-state index < -0.39 is 0 Å². The highest BCUT2D eigenvalue weighted by molar-refractivity contribution is 5.03. The van der Waals surface area contributed by atoms with Gasteiger partial charge in [0.2, 0.25) is 0 Å². The Bertz CT molecular complexity index is 323. The Hall–Kier alpha value is -0.0800. The summed E-state index contributed by atoms with van der Waals surface area (Å²) in [7, 11) is 2.33. The van der Waals surface area contributed by atoms with Crippen molar-refractivity contribution in [3.05, 3.63) is 0 Å². The van der Waals surface area contributed by atoms with Crippen LogP contribution >= 0.6 is 0 Å². The molecule has 1 heterocycles. The van der Waals surface area contributed by atoms with Crippen LogP contribution in [0.3, 0.4) is 0 Å². The number of hydrogen-bond donors (Lipinski definition) is 0. The van der Waals surface area contributed by atoms with Crippen molar-refractivity contribution in [2.75, 3.05) is 20.3 Å². The van der Waals surface area contributed by atoms with Gasteiger partial charge in [-0.2, -0.15) is 0 Å². The van der Waals surface area contributed by atoms with E-state index in [4.69, 9.17) is 0 Å². The SMILES string of the molecule is CC(C)[C@@H]1CN(C2C3CC4CC(C3)CC2C4)CN1C. The van der Waals surface area contributed by atoms with Crippen LogP contribution in [0.5, 0.6) is 0 Å². The highest BCUT2D eigenvalue weighted by Gasteiger charge is 2.51. The first-order valence-corrected chi connectivity index (χ1v) is 8.56. The lowest BCUT2D eigenvalue weighted by molar-refractivity contribution is -0.0617. The molecule has 0 aromatic carbocycles. The molecule has 19 heavy (non-hydrogen) atoms. The first kappa shape index (κ1) is 12.6. The second-order valence-electron chi connectivity index (χ2n) is 8.40. The van der Waals surface area contributed by atoms with E-state index in [1.165, 1.54) is 13.2 Å². The predicted octanol–water partition coefficient (Wildman–Crippen LogP) is 3.04. The van der Waals surface area contributed by atoms with E-state index in [0.29, 0.717) is 0 Å². The Kier molecular flexibility index (Phi) is 2.97. The second-order valence-corrected chi connectivity index (χ2v) is 8.40. The topological polar surface area (TPSA) is 6.48 Å². The molecule has 108 valence electrons. The van der Waals surface area contributed by atoms with Crippen molar-refractivity contribution in [3.63, 3.8) is 0 Å². The molecule has 5 aliphatic rings. The standard InChI is InChI=1S/C17H30N2/c1-11(2)16-9-19(10-18(16)3)17-14-5-12-4-13(7-14)8-15(17)6-12/h11-17H,4-10H2,1-3H3/t12?,13?,14?,15?,16-,17?/m0/s1. The van der Waals surface area contributed by atoms with Gasteiger partial charge in [-0.05, 0) is 68.7 Å². The second kappa shape index (κ2) is 4.46. The average Bonchev–Trinajstić information content (AvgIpc) is 2.69. The molecule has 0 radical (unpaired) electrons. The van der Waals surface area contributed by atoms with Crippen LogP contribution in [0.2, 0.25) is 0 Å². The molecule has 1 aliphatic heterocycles. The Morgan fingerprint density at radius 2 is 1.47 bits per heavy atom. The monoisotopic (exact) mass is 262 g/mol. The molecule has 4 bridgehead atoms. The molecule has 0 spiro atoms. The van der Waals surface area contributed by atoms with Gasteiger partial charge in [0.25, 0.3) is 0 Å². The minimum absolute atomic E-state index is 0.789. The maximum Gasteiger partial charge on any atom is 0.0510 e. The van der Waals surface area contributed by atoms with Crippen molar-refractivity contribution in [1.29, 1.82) is 0 Å². The zero-order chi connectivity index (χ0) is 13.1. The summed E-state index contributed by atoms with van der Waals surface area (Å²) >= 11 is 0. The van der Waals surface area contributed by atoms with E-state index in [0.717, 1.165) is 41.7 Å². The number of nitrogens with zero attached hydrogens (tertiary/aromatic N) is 2. The van der Waals surface area contributed by atoms with Crippen molar-refractivity contribution in [1.82, 2.24) is 9.80 Å². The van der Waals surface area contributed by atoms with Gasteiger partial charge >= 0.3 is 0 Å². The van der Waals surface area contributed by atoms with Gasteiger partial charge in [0.05, 0.1) is 6.67 Å². The summed E-state index contributed by atoms with van der Waals surface area (Å²) in [5.41, 5.74) is 0. The quantitative estimate of drug-likeness (QED) is 0.755. The lowest BCUT2D eigenvalue weighted by Crippen LogP contribution is -2.55. The van der Waals surface area contributed by atoms with E-state index in [1.807, 2.05) is 0 Å². The maximum absolute atomic E-state index is 2.87. The summed E-state index contributed by atoms with van der Waals surface area (Å²) in [5.74, 6) is 5.12. The fourth-order valence-corrected chi connectivity index (χ4v) is 6.26. The van der Waals surface area contributed by atoms with Crippen molar-refractivity contribution < 1.29 is 0 Å². The molecule has 2 nitrogen and oxygen atoms in total. The summed E-state index contributed by atoms with van der Waals surface area (Å²) in [6.07, 6.45) is 7.82. The Balaban J connectivity index is 1.51. The first-order valence-electron chi connectivity index (χ1n) is 8.56. The molecule has 0 unspecified atom stereocenters. The average molecular weight is 262 g/mol. The summed E-state index contributed by atoms with van der Waals surface area (Å²) < 4.78 is 0. The minimum atomic E-state index is 0.789. The van der Waals surface area contributed by atoms with Gasteiger partial charge in [-0.15, -0.1) is 0 Å². The Morgan fingerprint density at radius 3 is 1.95 bits per heavy atom. The third-order valence-corrected chi connectivity index (χ3v) is 6.76. The lowest BCUT2D eigenvalue weighted by Gasteiger charge is -2.56. The zero-order valence-corrected chi connectivity index (χ0v) is 12.9. The van der Waals surface area contributed by atoms with Gasteiger partial charge in [0, 0.05) is 18.6 Å². The largest absolute Gasteiger partial charge is 0.289 e. The summed E-state index contributed by atoms with van der Waals surface area (Å²) in [6.45, 7) is 7.35. The summed E-state index contributed by atoms with van der Waals surface area (Å²) in [5, 5.41) is 0. The highest BCUT2D eigenvalue weighted by atomic mass is 15.4. The van der Waals surface area contributed by atoms with Gasteiger partial charge in [-0.1, -0.05) is 13.8 Å². The van der Waals surface area contributed by atoms with Crippen LogP contribution in [0.15, 0.2) is 0 Å². The lowest BCUT2D eigenvalue weighted by atomic mass is 9.54. The van der Waals surface area contributed by atoms with Crippen LogP contribution in [-0.4, -0.2) is 42.1 Å². The summed E-state index contributed by atoms with van der Waals surface area (Å²) in [6, 6.07) is 1.73. The van der Waals surface area contributed by atoms with Gasteiger partial charge in [-0.3, -0.25) is 9.80 Å². The molecule has 0 amide bonds. The molecule has 1 atom stereocenters. The van der Waals surface area contributed by atoms with Crippen LogP contribution in [0, 0.1) is 29.6 Å². The number of hydrogen-bond acceptors (Lipinski definition) is 2. The van der Waals surface area contributed by atoms with E-state index >= 15 is 0 Å². The first-order chi connectivity index (χ1) is 9.11. The molecule has 0 N–H and O–H groups in total. The Morgan fingerprint density at radius 1 is 0.895 bits per heavy atom. The molecule has 2 heteroatoms. The zero-order valence-electron chi connectivity index (χ0n) is 12.9. The fraction of sp³-hybridized carbons (Fsp3) is 1.00. The third kappa shape index (κ3) is 1.98. The van der Waals surface area contributed by atoms with Gasteiger partial charge in [0.15, 0.2) is 0 Å². The summed E-state index contributed by atoms with van der Waals surface area (Å²) in [4.78, 5) is 5.48. The van der Waals surface area contributed by atoms with Crippen LogP contribution in [0.1, 0.15) is 46.0 Å². The van der Waals surface area contributed by atoms with Crippen molar-refractivity contribution >= 4 is 0 Å². The number of rotatable bonds is 2. The van der Waals surface area contributed by atoms with Crippen molar-refractivity contribution in [2.24, 2.45) is 29.6 Å².